The number of nitrogens with two attached hydrogens (primary N) is 2. The molecule has 1 saturated heterocycles. The van der Waals surface area contributed by atoms with E-state index in [1.54, 1.807) is 0 Å². The van der Waals surface area contributed by atoms with E-state index < -0.39 is 0 Å². The van der Waals surface area contributed by atoms with Crippen molar-refractivity contribution in [2.75, 3.05) is 67.6 Å². The number of nitrogens with zero attached hydrogens (tertiary/aromatic N) is 2. The topological polar surface area (TPSA) is 67.8 Å². The van der Waals surface area contributed by atoms with Crippen LogP contribution in [0.15, 0.2) is 0 Å². The van der Waals surface area contributed by atoms with Crippen molar-refractivity contribution in [3.8, 4) is 0 Å². The second kappa shape index (κ2) is 16.8. The Bertz CT molecular complexity index is 121. The number of hydrogen-bond acceptors (Lipinski definition) is 5. The summed E-state index contributed by atoms with van der Waals surface area (Å²) in [6, 6.07) is 0. The first-order valence-electron chi connectivity index (χ1n) is 6.82. The molecule has 0 spiro atoms. The Kier molecular flexibility index (Phi) is 18.8. The SMILES string of the molecule is C1CCOC1.CN(C)CCN(C)C.NCCCN. The minimum atomic E-state index is 0.719. The molecule has 0 radical (unpaired) electrons. The Labute approximate surface area is 113 Å². The third-order valence-corrected chi connectivity index (χ3v) is 2.23. The zero-order valence-electron chi connectivity index (χ0n) is 12.8. The van der Waals surface area contributed by atoms with E-state index in [1.807, 2.05) is 0 Å². The number of rotatable bonds is 5. The highest BCUT2D eigenvalue weighted by Gasteiger charge is 1.94. The standard InChI is InChI=1S/C6H16N2.C4H8O.C3H10N2/c1-7(2)5-6-8(3)4;1-2-4-5-3-1;4-2-1-3-5/h5-6H2,1-4H3;1-4H2;1-5H2. The molecule has 0 amide bonds. The van der Waals surface area contributed by atoms with Gasteiger partial charge in [-0.05, 0) is 60.5 Å². The smallest absolute Gasteiger partial charge is 0.0466 e. The molecule has 0 atom stereocenters. The Morgan fingerprint density at radius 3 is 1.33 bits per heavy atom. The summed E-state index contributed by atoms with van der Waals surface area (Å²) in [6.45, 7) is 5.73. The fourth-order valence-electron chi connectivity index (χ4n) is 1.03. The van der Waals surface area contributed by atoms with Crippen LogP contribution in [0.2, 0.25) is 0 Å². The fourth-order valence-corrected chi connectivity index (χ4v) is 1.03. The maximum Gasteiger partial charge on any atom is 0.0466 e. The van der Waals surface area contributed by atoms with Crippen molar-refractivity contribution in [3.63, 3.8) is 0 Å². The molecule has 1 fully saturated rings. The summed E-state index contributed by atoms with van der Waals surface area (Å²) in [5.74, 6) is 0. The van der Waals surface area contributed by atoms with Gasteiger partial charge < -0.3 is 26.0 Å². The van der Waals surface area contributed by atoms with E-state index in [0.29, 0.717) is 0 Å². The minimum Gasteiger partial charge on any atom is -0.381 e. The first-order chi connectivity index (χ1) is 8.54. The lowest BCUT2D eigenvalue weighted by atomic mass is 10.4. The molecule has 1 aliphatic rings. The van der Waals surface area contributed by atoms with Crippen LogP contribution in [-0.2, 0) is 4.74 Å². The highest BCUT2D eigenvalue weighted by Crippen LogP contribution is 1.98. The molecular formula is C13H34N4O. The van der Waals surface area contributed by atoms with Gasteiger partial charge in [-0.2, -0.15) is 0 Å². The summed E-state index contributed by atoms with van der Waals surface area (Å²) >= 11 is 0. The van der Waals surface area contributed by atoms with Gasteiger partial charge in [-0.15, -0.1) is 0 Å². The Morgan fingerprint density at radius 1 is 0.833 bits per heavy atom. The van der Waals surface area contributed by atoms with E-state index >= 15 is 0 Å². The lowest BCUT2D eigenvalue weighted by Crippen LogP contribution is -2.25. The van der Waals surface area contributed by atoms with Gasteiger partial charge in [0.1, 0.15) is 0 Å². The molecule has 0 unspecified atom stereocenters. The molecule has 0 aromatic carbocycles. The number of hydrogen-bond donors (Lipinski definition) is 2. The highest BCUT2D eigenvalue weighted by atomic mass is 16.5. The lowest BCUT2D eigenvalue weighted by Gasteiger charge is -2.13. The lowest BCUT2D eigenvalue weighted by molar-refractivity contribution is 0.198. The van der Waals surface area contributed by atoms with E-state index in [1.165, 1.54) is 12.8 Å². The van der Waals surface area contributed by atoms with Crippen LogP contribution in [-0.4, -0.2) is 77.4 Å². The molecule has 4 N–H and O–H groups in total. The largest absolute Gasteiger partial charge is 0.381 e. The van der Waals surface area contributed by atoms with Crippen molar-refractivity contribution < 1.29 is 4.74 Å². The van der Waals surface area contributed by atoms with E-state index in [4.69, 9.17) is 16.2 Å². The van der Waals surface area contributed by atoms with Crippen molar-refractivity contribution >= 4 is 0 Å². The van der Waals surface area contributed by atoms with Gasteiger partial charge in [0, 0.05) is 26.3 Å². The van der Waals surface area contributed by atoms with Crippen LogP contribution in [0.1, 0.15) is 19.3 Å². The van der Waals surface area contributed by atoms with Crippen LogP contribution in [0.5, 0.6) is 0 Å². The van der Waals surface area contributed by atoms with Crippen LogP contribution in [0.3, 0.4) is 0 Å². The molecule has 1 heterocycles. The molecule has 5 nitrogen and oxygen atoms in total. The molecule has 1 rings (SSSR count). The third kappa shape index (κ3) is 24.9. The quantitative estimate of drug-likeness (QED) is 0.741. The van der Waals surface area contributed by atoms with Gasteiger partial charge >= 0.3 is 0 Å². The normalized spacial score (nSPS) is 14.0. The van der Waals surface area contributed by atoms with Crippen molar-refractivity contribution in [1.29, 1.82) is 0 Å². The van der Waals surface area contributed by atoms with Crippen molar-refractivity contribution in [3.05, 3.63) is 0 Å². The molecule has 0 saturated carbocycles. The first-order valence-corrected chi connectivity index (χ1v) is 6.82. The average molecular weight is 262 g/mol. The van der Waals surface area contributed by atoms with E-state index in [0.717, 1.165) is 45.8 Å². The molecule has 0 aliphatic carbocycles. The van der Waals surface area contributed by atoms with E-state index in [-0.39, 0.29) is 0 Å². The predicted molar refractivity (Wildman–Crippen MR) is 79.9 cm³/mol. The summed E-state index contributed by atoms with van der Waals surface area (Å²) in [7, 11) is 8.35. The summed E-state index contributed by atoms with van der Waals surface area (Å²) in [5, 5.41) is 0. The fraction of sp³-hybridized carbons (Fsp3) is 1.00. The second-order valence-electron chi connectivity index (χ2n) is 4.86. The molecular weight excluding hydrogens is 228 g/mol. The Hall–Kier alpha value is -0.200. The van der Waals surface area contributed by atoms with Crippen molar-refractivity contribution in [1.82, 2.24) is 9.80 Å². The van der Waals surface area contributed by atoms with E-state index in [2.05, 4.69) is 38.0 Å². The van der Waals surface area contributed by atoms with Gasteiger partial charge in [-0.25, -0.2) is 0 Å². The number of ether oxygens (including phenoxy) is 1. The maximum absolute atomic E-state index is 5.06. The minimum absolute atomic E-state index is 0.719. The van der Waals surface area contributed by atoms with Crippen LogP contribution in [0.25, 0.3) is 0 Å². The highest BCUT2D eigenvalue weighted by molar-refractivity contribution is 4.46. The average Bonchev–Trinajstić information content (AvgIpc) is 2.87. The van der Waals surface area contributed by atoms with Crippen LogP contribution in [0.4, 0.5) is 0 Å². The zero-order chi connectivity index (χ0) is 14.2. The Morgan fingerprint density at radius 2 is 1.22 bits per heavy atom. The van der Waals surface area contributed by atoms with Crippen molar-refractivity contribution in [2.45, 2.75) is 19.3 Å². The molecule has 0 aromatic heterocycles. The van der Waals surface area contributed by atoms with Gasteiger partial charge in [0.2, 0.25) is 0 Å². The molecule has 18 heavy (non-hydrogen) atoms. The van der Waals surface area contributed by atoms with Gasteiger partial charge in [-0.3, -0.25) is 0 Å². The maximum atomic E-state index is 5.06. The summed E-state index contributed by atoms with van der Waals surface area (Å²) in [5.41, 5.74) is 10.1. The molecule has 5 heteroatoms. The summed E-state index contributed by atoms with van der Waals surface area (Å²) < 4.78 is 4.94. The first kappa shape index (κ1) is 20.1. The monoisotopic (exact) mass is 262 g/mol. The summed E-state index contributed by atoms with van der Waals surface area (Å²) in [4.78, 5) is 4.36. The third-order valence-electron chi connectivity index (χ3n) is 2.23. The molecule has 0 aromatic rings. The summed E-state index contributed by atoms with van der Waals surface area (Å²) in [6.07, 6.45) is 3.50. The zero-order valence-corrected chi connectivity index (χ0v) is 12.8. The second-order valence-corrected chi connectivity index (χ2v) is 4.86. The number of likely N-dealkylation sites (N-methyl/N-ethyl adjacent to an activating group) is 2. The predicted octanol–water partition coefficient (Wildman–Crippen LogP) is 0.200. The van der Waals surface area contributed by atoms with Gasteiger partial charge in [0.25, 0.3) is 0 Å². The van der Waals surface area contributed by atoms with E-state index in [9.17, 15) is 0 Å². The van der Waals surface area contributed by atoms with Crippen LogP contribution >= 0.6 is 0 Å². The van der Waals surface area contributed by atoms with Gasteiger partial charge in [-0.1, -0.05) is 0 Å². The van der Waals surface area contributed by atoms with Gasteiger partial charge in [0.15, 0.2) is 0 Å². The Balaban J connectivity index is 0. The van der Waals surface area contributed by atoms with Crippen LogP contribution in [0, 0.1) is 0 Å². The molecule has 112 valence electrons. The van der Waals surface area contributed by atoms with Crippen molar-refractivity contribution in [2.24, 2.45) is 11.5 Å². The molecule has 0 bridgehead atoms. The van der Waals surface area contributed by atoms with Crippen LogP contribution < -0.4 is 11.5 Å². The molecule has 1 aliphatic heterocycles. The van der Waals surface area contributed by atoms with Gasteiger partial charge in [0.05, 0.1) is 0 Å².